The predicted octanol–water partition coefficient (Wildman–Crippen LogP) is 2.17. The number of hydrogen-bond donors (Lipinski definition) is 1. The van der Waals surface area contributed by atoms with E-state index in [1.807, 2.05) is 22.9 Å². The Labute approximate surface area is 87.6 Å². The van der Waals surface area contributed by atoms with E-state index in [2.05, 4.69) is 0 Å². The lowest BCUT2D eigenvalue weighted by molar-refractivity contribution is 0.271. The van der Waals surface area contributed by atoms with Gasteiger partial charge >= 0.3 is 0 Å². The van der Waals surface area contributed by atoms with Gasteiger partial charge in [-0.15, -0.1) is 0 Å². The van der Waals surface area contributed by atoms with Crippen LogP contribution in [-0.4, -0.2) is 9.67 Å². The minimum absolute atomic E-state index is 0.0263. The monoisotopic (exact) mass is 205 g/mol. The predicted molar refractivity (Wildman–Crippen MR) is 55.9 cm³/mol. The molecule has 78 valence electrons. The Balaban J connectivity index is 2.26. The van der Waals surface area contributed by atoms with Crippen LogP contribution in [0.25, 0.3) is 0 Å². The quantitative estimate of drug-likeness (QED) is 0.816. The van der Waals surface area contributed by atoms with Crippen molar-refractivity contribution in [2.24, 2.45) is 0 Å². The van der Waals surface area contributed by atoms with Crippen molar-refractivity contribution < 1.29 is 9.50 Å². The van der Waals surface area contributed by atoms with Crippen molar-refractivity contribution in [1.29, 1.82) is 0 Å². The van der Waals surface area contributed by atoms with Crippen LogP contribution in [-0.2, 0) is 13.2 Å². The number of aromatic nitrogens is 1. The van der Waals surface area contributed by atoms with Gasteiger partial charge in [0.1, 0.15) is 5.82 Å². The maximum atomic E-state index is 13.3. The van der Waals surface area contributed by atoms with Crippen molar-refractivity contribution in [3.05, 3.63) is 59.7 Å². The fourth-order valence-corrected chi connectivity index (χ4v) is 1.56. The molecule has 1 heterocycles. The van der Waals surface area contributed by atoms with Crippen LogP contribution in [0.15, 0.2) is 42.6 Å². The van der Waals surface area contributed by atoms with Gasteiger partial charge in [0.15, 0.2) is 0 Å². The van der Waals surface area contributed by atoms with E-state index in [-0.39, 0.29) is 12.4 Å². The summed E-state index contributed by atoms with van der Waals surface area (Å²) in [6.07, 6.45) is 1.83. The number of nitrogens with zero attached hydrogens (tertiary/aromatic N) is 1. The molecule has 1 N–H and O–H groups in total. The van der Waals surface area contributed by atoms with Crippen LogP contribution >= 0.6 is 0 Å². The van der Waals surface area contributed by atoms with Crippen LogP contribution in [0.5, 0.6) is 0 Å². The van der Waals surface area contributed by atoms with E-state index >= 15 is 0 Å². The highest BCUT2D eigenvalue weighted by Crippen LogP contribution is 2.11. The Bertz CT molecular complexity index is 450. The molecule has 0 fully saturated rings. The average molecular weight is 205 g/mol. The lowest BCUT2D eigenvalue weighted by Crippen LogP contribution is -2.04. The van der Waals surface area contributed by atoms with Gasteiger partial charge in [0.25, 0.3) is 0 Å². The Kier molecular flexibility index (Phi) is 2.83. The van der Waals surface area contributed by atoms with E-state index in [1.54, 1.807) is 18.2 Å². The van der Waals surface area contributed by atoms with Crippen molar-refractivity contribution in [3.8, 4) is 0 Å². The van der Waals surface area contributed by atoms with Crippen molar-refractivity contribution in [2.75, 3.05) is 0 Å². The minimum Gasteiger partial charge on any atom is -0.390 e. The Morgan fingerprint density at radius 2 is 1.93 bits per heavy atom. The number of aliphatic hydroxyl groups excluding tert-OH is 1. The highest BCUT2D eigenvalue weighted by molar-refractivity contribution is 5.19. The van der Waals surface area contributed by atoms with E-state index in [0.717, 1.165) is 5.69 Å². The first kappa shape index (κ1) is 9.93. The first-order valence-electron chi connectivity index (χ1n) is 4.79. The van der Waals surface area contributed by atoms with Gasteiger partial charge in [-0.25, -0.2) is 4.39 Å². The molecule has 15 heavy (non-hydrogen) atoms. The number of benzene rings is 1. The molecule has 2 rings (SSSR count). The number of halogens is 1. The summed E-state index contributed by atoms with van der Waals surface area (Å²) in [6.45, 7) is 0.428. The topological polar surface area (TPSA) is 25.2 Å². The Morgan fingerprint density at radius 3 is 2.67 bits per heavy atom. The molecule has 2 aromatic rings. The molecule has 0 unspecified atom stereocenters. The first-order chi connectivity index (χ1) is 7.31. The van der Waals surface area contributed by atoms with Crippen LogP contribution in [0, 0.1) is 5.82 Å². The lowest BCUT2D eigenvalue weighted by Gasteiger charge is -2.08. The fraction of sp³-hybridized carbons (Fsp3) is 0.167. The zero-order chi connectivity index (χ0) is 10.7. The van der Waals surface area contributed by atoms with Gasteiger partial charge in [-0.1, -0.05) is 18.2 Å². The van der Waals surface area contributed by atoms with Crippen molar-refractivity contribution in [1.82, 2.24) is 4.57 Å². The summed E-state index contributed by atoms with van der Waals surface area (Å²) in [6, 6.07) is 10.3. The second-order valence-electron chi connectivity index (χ2n) is 3.38. The van der Waals surface area contributed by atoms with Crippen molar-refractivity contribution in [2.45, 2.75) is 13.2 Å². The first-order valence-corrected chi connectivity index (χ1v) is 4.79. The zero-order valence-corrected chi connectivity index (χ0v) is 8.23. The van der Waals surface area contributed by atoms with Gasteiger partial charge in [0.05, 0.1) is 13.2 Å². The van der Waals surface area contributed by atoms with Crippen molar-refractivity contribution >= 4 is 0 Å². The molecule has 0 atom stereocenters. The molecule has 0 aliphatic rings. The third-order valence-electron chi connectivity index (χ3n) is 2.38. The van der Waals surface area contributed by atoms with Gasteiger partial charge < -0.3 is 9.67 Å². The molecule has 2 nitrogen and oxygen atoms in total. The molecule has 1 aromatic heterocycles. The molecular weight excluding hydrogens is 193 g/mol. The molecule has 0 spiro atoms. The van der Waals surface area contributed by atoms with Gasteiger partial charge in [0.2, 0.25) is 0 Å². The summed E-state index contributed by atoms with van der Waals surface area (Å²) in [5.41, 5.74) is 1.42. The fourth-order valence-electron chi connectivity index (χ4n) is 1.56. The number of rotatable bonds is 3. The normalized spacial score (nSPS) is 10.5. The van der Waals surface area contributed by atoms with Crippen LogP contribution in [0.4, 0.5) is 4.39 Å². The number of hydrogen-bond acceptors (Lipinski definition) is 1. The van der Waals surface area contributed by atoms with Crippen LogP contribution < -0.4 is 0 Å². The summed E-state index contributed by atoms with van der Waals surface area (Å²) in [7, 11) is 0. The molecular formula is C12H12FNO. The van der Waals surface area contributed by atoms with Crippen LogP contribution in [0.3, 0.4) is 0 Å². The van der Waals surface area contributed by atoms with E-state index in [9.17, 15) is 4.39 Å². The minimum atomic E-state index is -0.213. The Morgan fingerprint density at radius 1 is 1.13 bits per heavy atom. The largest absolute Gasteiger partial charge is 0.390 e. The van der Waals surface area contributed by atoms with E-state index in [0.29, 0.717) is 12.1 Å². The smallest absolute Gasteiger partial charge is 0.128 e. The molecule has 1 aromatic carbocycles. The van der Waals surface area contributed by atoms with Gasteiger partial charge in [-0.05, 0) is 18.2 Å². The summed E-state index contributed by atoms with van der Waals surface area (Å²) in [5.74, 6) is -0.213. The highest BCUT2D eigenvalue weighted by atomic mass is 19.1. The van der Waals surface area contributed by atoms with Crippen LogP contribution in [0.2, 0.25) is 0 Å². The average Bonchev–Trinajstić information content (AvgIpc) is 2.69. The summed E-state index contributed by atoms with van der Waals surface area (Å²) in [4.78, 5) is 0. The Hall–Kier alpha value is -1.61. The van der Waals surface area contributed by atoms with Crippen LogP contribution in [0.1, 0.15) is 11.3 Å². The van der Waals surface area contributed by atoms with Crippen molar-refractivity contribution in [3.63, 3.8) is 0 Å². The molecule has 0 amide bonds. The second kappa shape index (κ2) is 4.28. The number of aliphatic hydroxyl groups is 1. The SMILES string of the molecule is OCc1cccn1Cc1ccccc1F. The maximum absolute atomic E-state index is 13.3. The van der Waals surface area contributed by atoms with E-state index in [4.69, 9.17) is 5.11 Å². The molecule has 0 saturated carbocycles. The third-order valence-corrected chi connectivity index (χ3v) is 2.38. The van der Waals surface area contributed by atoms with E-state index in [1.165, 1.54) is 6.07 Å². The summed E-state index contributed by atoms with van der Waals surface area (Å²) >= 11 is 0. The maximum Gasteiger partial charge on any atom is 0.128 e. The third kappa shape index (κ3) is 2.07. The highest BCUT2D eigenvalue weighted by Gasteiger charge is 2.03. The molecule has 0 radical (unpaired) electrons. The lowest BCUT2D eigenvalue weighted by atomic mass is 10.2. The molecule has 3 heteroatoms. The molecule has 0 aliphatic carbocycles. The zero-order valence-electron chi connectivity index (χ0n) is 8.23. The van der Waals surface area contributed by atoms with Gasteiger partial charge in [-0.3, -0.25) is 0 Å². The van der Waals surface area contributed by atoms with Gasteiger partial charge in [-0.2, -0.15) is 0 Å². The summed E-state index contributed by atoms with van der Waals surface area (Å²) in [5, 5.41) is 9.04. The molecule has 0 bridgehead atoms. The molecule has 0 saturated heterocycles. The van der Waals surface area contributed by atoms with E-state index < -0.39 is 0 Å². The standard InChI is InChI=1S/C12H12FNO/c13-12-6-2-1-4-10(12)8-14-7-3-5-11(14)9-15/h1-7,15H,8-9H2. The second-order valence-corrected chi connectivity index (χ2v) is 3.38. The molecule has 0 aliphatic heterocycles. The summed E-state index contributed by atoms with van der Waals surface area (Å²) < 4.78 is 15.2. The van der Waals surface area contributed by atoms with Gasteiger partial charge in [0, 0.05) is 17.5 Å².